The number of carboxylic acids is 2. The monoisotopic (exact) mass is 746 g/mol. The quantitative estimate of drug-likeness (QED) is 0.0209. The molecule has 0 fully saturated rings. The average Bonchev–Trinajstić information content (AvgIpc) is 3.13. The Labute approximate surface area is 319 Å². The van der Waals surface area contributed by atoms with Crippen LogP contribution < -0.4 is 0 Å². The van der Waals surface area contributed by atoms with Crippen LogP contribution >= 0.6 is 0 Å². The molecule has 0 heterocycles. The summed E-state index contributed by atoms with van der Waals surface area (Å²) in [6.45, 7) is 4.35. The third-order valence-electron chi connectivity index (χ3n) is 9.02. The SMILES string of the molecule is CCCCCC[C@@H](O)C/C=C\CCCCCCCC(=O)O.CCCCCC[C@H](C/C=C\CCCCCCCC(=O)O)OC(=O)c1ccc([N+](=O)[O-])cc1. The topological polar surface area (TPSA) is 164 Å². The third kappa shape index (κ3) is 32.8. The first-order valence-electron chi connectivity index (χ1n) is 20.5. The first kappa shape index (κ1) is 49.5. The summed E-state index contributed by atoms with van der Waals surface area (Å²) in [7, 11) is 0. The fourth-order valence-electron chi connectivity index (χ4n) is 5.76. The predicted molar refractivity (Wildman–Crippen MR) is 213 cm³/mol. The highest BCUT2D eigenvalue weighted by atomic mass is 16.6. The lowest BCUT2D eigenvalue weighted by molar-refractivity contribution is -0.384. The standard InChI is InChI=1S/C25H37NO6.C18H34O3/c1-2-3-4-11-14-23(15-12-9-7-5-6-8-10-13-16-24(27)28)32-25(29)21-17-19-22(20-18-21)26(30)31;1-2-3-4-11-14-17(19)15-12-9-7-5-6-8-10-13-16-18(20)21/h9,12,17-20,23H,2-8,10-11,13-16H2,1H3,(H,27,28);9,12,17,19H,2-8,10-11,13-16H2,1H3,(H,20,21)/b2*12-9-/t23-;17-/m11/s1. The van der Waals surface area contributed by atoms with E-state index in [1.165, 1.54) is 49.9 Å². The molecular weight excluding hydrogens is 674 g/mol. The summed E-state index contributed by atoms with van der Waals surface area (Å²) in [6.07, 6.45) is 33.3. The maximum atomic E-state index is 12.5. The molecule has 0 saturated carbocycles. The maximum absolute atomic E-state index is 12.5. The summed E-state index contributed by atoms with van der Waals surface area (Å²) in [5, 5.41) is 37.7. The normalized spacial score (nSPS) is 12.4. The molecule has 0 bridgehead atoms. The lowest BCUT2D eigenvalue weighted by Gasteiger charge is -2.16. The van der Waals surface area contributed by atoms with Crippen LogP contribution in [0.5, 0.6) is 0 Å². The number of ether oxygens (including phenoxy) is 1. The number of carbonyl (C=O) groups excluding carboxylic acids is 1. The van der Waals surface area contributed by atoms with Crippen molar-refractivity contribution in [1.29, 1.82) is 0 Å². The number of allylic oxidation sites excluding steroid dienone is 2. The fraction of sp³-hybridized carbons (Fsp3) is 0.698. The van der Waals surface area contributed by atoms with E-state index in [1.54, 1.807) is 0 Å². The Morgan fingerprint density at radius 1 is 0.642 bits per heavy atom. The van der Waals surface area contributed by atoms with Crippen LogP contribution in [-0.4, -0.2) is 50.4 Å². The third-order valence-corrected chi connectivity index (χ3v) is 9.02. The molecule has 0 saturated heterocycles. The fourth-order valence-corrected chi connectivity index (χ4v) is 5.76. The Morgan fingerprint density at radius 2 is 1.09 bits per heavy atom. The Morgan fingerprint density at radius 3 is 1.58 bits per heavy atom. The number of esters is 1. The summed E-state index contributed by atoms with van der Waals surface area (Å²) < 4.78 is 5.70. The van der Waals surface area contributed by atoms with Gasteiger partial charge in [-0.2, -0.15) is 0 Å². The minimum atomic E-state index is -0.730. The summed E-state index contributed by atoms with van der Waals surface area (Å²) >= 11 is 0. The van der Waals surface area contributed by atoms with Crippen LogP contribution in [0.1, 0.15) is 191 Å². The molecule has 0 radical (unpaired) electrons. The van der Waals surface area contributed by atoms with Gasteiger partial charge in [-0.3, -0.25) is 19.7 Å². The number of nitro groups is 1. The van der Waals surface area contributed by atoms with Crippen LogP contribution in [0.4, 0.5) is 5.69 Å². The van der Waals surface area contributed by atoms with E-state index < -0.39 is 22.8 Å². The number of benzene rings is 1. The lowest BCUT2D eigenvalue weighted by Crippen LogP contribution is -2.18. The molecule has 0 amide bonds. The number of carboxylic acid groups (broad SMARTS) is 2. The molecule has 0 aliphatic rings. The van der Waals surface area contributed by atoms with Gasteiger partial charge in [-0.1, -0.05) is 122 Å². The second kappa shape index (κ2) is 35.5. The van der Waals surface area contributed by atoms with Gasteiger partial charge in [-0.05, 0) is 76.3 Å². The van der Waals surface area contributed by atoms with E-state index in [4.69, 9.17) is 14.9 Å². The molecule has 302 valence electrons. The maximum Gasteiger partial charge on any atom is 0.338 e. The summed E-state index contributed by atoms with van der Waals surface area (Å²) in [6, 6.07) is 5.49. The predicted octanol–water partition coefficient (Wildman–Crippen LogP) is 11.9. The van der Waals surface area contributed by atoms with Gasteiger partial charge in [-0.25, -0.2) is 4.79 Å². The van der Waals surface area contributed by atoms with Crippen molar-refractivity contribution in [3.05, 3.63) is 64.2 Å². The van der Waals surface area contributed by atoms with Gasteiger partial charge in [0.05, 0.1) is 16.6 Å². The van der Waals surface area contributed by atoms with Crippen molar-refractivity contribution >= 4 is 23.6 Å². The average molecular weight is 746 g/mol. The van der Waals surface area contributed by atoms with Crippen LogP contribution in [0.2, 0.25) is 0 Å². The molecular formula is C43H71NO9. The zero-order valence-electron chi connectivity index (χ0n) is 32.9. The van der Waals surface area contributed by atoms with Crippen LogP contribution in [0.3, 0.4) is 0 Å². The van der Waals surface area contributed by atoms with Crippen LogP contribution in [0.25, 0.3) is 0 Å². The van der Waals surface area contributed by atoms with E-state index >= 15 is 0 Å². The number of unbranched alkanes of at least 4 members (excludes halogenated alkanes) is 16. The Kier molecular flexibility index (Phi) is 33.1. The van der Waals surface area contributed by atoms with Crippen LogP contribution in [-0.2, 0) is 14.3 Å². The summed E-state index contributed by atoms with van der Waals surface area (Å²) in [4.78, 5) is 43.6. The number of rotatable bonds is 33. The highest BCUT2D eigenvalue weighted by molar-refractivity contribution is 5.89. The van der Waals surface area contributed by atoms with E-state index in [0.29, 0.717) is 18.4 Å². The van der Waals surface area contributed by atoms with Gasteiger partial charge in [0, 0.05) is 31.4 Å². The summed E-state index contributed by atoms with van der Waals surface area (Å²) in [5.74, 6) is -1.87. The largest absolute Gasteiger partial charge is 0.481 e. The zero-order chi connectivity index (χ0) is 39.4. The van der Waals surface area contributed by atoms with Gasteiger partial charge >= 0.3 is 17.9 Å². The van der Waals surface area contributed by atoms with Crippen molar-refractivity contribution in [2.24, 2.45) is 0 Å². The van der Waals surface area contributed by atoms with E-state index in [-0.39, 0.29) is 24.3 Å². The molecule has 0 spiro atoms. The Hall–Kier alpha value is -3.53. The van der Waals surface area contributed by atoms with Crippen molar-refractivity contribution in [1.82, 2.24) is 0 Å². The Balaban J connectivity index is 0.00000112. The van der Waals surface area contributed by atoms with Gasteiger partial charge in [-0.15, -0.1) is 0 Å². The minimum absolute atomic E-state index is 0.0533. The number of hydrogen-bond acceptors (Lipinski definition) is 7. The Bertz CT molecular complexity index is 1130. The van der Waals surface area contributed by atoms with E-state index in [1.807, 2.05) is 0 Å². The number of aliphatic hydroxyl groups excluding tert-OH is 1. The molecule has 0 aliphatic heterocycles. The smallest absolute Gasteiger partial charge is 0.338 e. The van der Waals surface area contributed by atoms with Gasteiger partial charge in [0.25, 0.3) is 5.69 Å². The second-order valence-electron chi connectivity index (χ2n) is 14.0. The van der Waals surface area contributed by atoms with E-state index in [0.717, 1.165) is 122 Å². The molecule has 10 nitrogen and oxygen atoms in total. The highest BCUT2D eigenvalue weighted by Crippen LogP contribution is 2.18. The molecule has 1 aromatic carbocycles. The van der Waals surface area contributed by atoms with Gasteiger partial charge in [0.2, 0.25) is 0 Å². The molecule has 0 aromatic heterocycles. The molecule has 3 N–H and O–H groups in total. The molecule has 2 atom stereocenters. The van der Waals surface area contributed by atoms with Crippen LogP contribution in [0.15, 0.2) is 48.6 Å². The minimum Gasteiger partial charge on any atom is -0.481 e. The highest BCUT2D eigenvalue weighted by Gasteiger charge is 2.16. The number of nitro benzene ring substituents is 1. The molecule has 0 unspecified atom stereocenters. The van der Waals surface area contributed by atoms with Crippen molar-refractivity contribution in [2.45, 2.75) is 193 Å². The van der Waals surface area contributed by atoms with Crippen molar-refractivity contribution in [3.8, 4) is 0 Å². The second-order valence-corrected chi connectivity index (χ2v) is 14.0. The van der Waals surface area contributed by atoms with Gasteiger partial charge in [0.1, 0.15) is 6.10 Å². The van der Waals surface area contributed by atoms with Crippen LogP contribution in [0, 0.1) is 10.1 Å². The molecule has 1 rings (SSSR count). The summed E-state index contributed by atoms with van der Waals surface area (Å²) in [5.41, 5.74) is 0.267. The number of aliphatic hydroxyl groups is 1. The van der Waals surface area contributed by atoms with Gasteiger partial charge < -0.3 is 20.1 Å². The lowest BCUT2D eigenvalue weighted by atomic mass is 10.1. The number of nitrogens with zero attached hydrogens (tertiary/aromatic N) is 1. The first-order valence-corrected chi connectivity index (χ1v) is 20.5. The number of aliphatic carboxylic acids is 2. The number of hydrogen-bond donors (Lipinski definition) is 3. The van der Waals surface area contributed by atoms with Gasteiger partial charge in [0.15, 0.2) is 0 Å². The molecule has 53 heavy (non-hydrogen) atoms. The first-order chi connectivity index (χ1) is 25.6. The number of non-ortho nitro benzene ring substituents is 1. The van der Waals surface area contributed by atoms with Crippen molar-refractivity contribution in [2.75, 3.05) is 0 Å². The van der Waals surface area contributed by atoms with E-state index in [2.05, 4.69) is 38.2 Å². The zero-order valence-corrected chi connectivity index (χ0v) is 32.9. The molecule has 10 heteroatoms. The number of carbonyl (C=O) groups is 3. The van der Waals surface area contributed by atoms with Crippen molar-refractivity contribution in [3.63, 3.8) is 0 Å². The van der Waals surface area contributed by atoms with E-state index in [9.17, 15) is 29.6 Å². The van der Waals surface area contributed by atoms with Crippen molar-refractivity contribution < 1.29 is 39.4 Å². The molecule has 0 aliphatic carbocycles. The molecule has 1 aromatic rings.